The molecule has 0 aliphatic heterocycles. The van der Waals surface area contributed by atoms with Gasteiger partial charge in [0, 0.05) is 13.5 Å². The van der Waals surface area contributed by atoms with E-state index in [1.54, 1.807) is 20.8 Å². The van der Waals surface area contributed by atoms with E-state index in [0.29, 0.717) is 0 Å². The largest absolute Gasteiger partial charge is 0.444 e. The highest BCUT2D eigenvalue weighted by atomic mass is 16.6. The van der Waals surface area contributed by atoms with E-state index in [9.17, 15) is 9.59 Å². The van der Waals surface area contributed by atoms with Crippen molar-refractivity contribution in [1.29, 1.82) is 0 Å². The quantitative estimate of drug-likeness (QED) is 0.807. The number of amides is 2. The van der Waals surface area contributed by atoms with Gasteiger partial charge < -0.3 is 15.2 Å². The first-order valence-electron chi connectivity index (χ1n) is 6.59. The maximum absolute atomic E-state index is 11.9. The standard InChI is InChI=1S/C15H22N2O4/c1-14(2,3)21-13(19)17-15(20-4,12(16)18)10-11-8-6-5-7-9-11/h5-9H,10H2,1-4H3,(H2,16,18)(H,17,19)/t15-/m0/s1. The molecule has 0 aromatic heterocycles. The molecule has 1 atom stereocenters. The van der Waals surface area contributed by atoms with Crippen LogP contribution in [0.1, 0.15) is 26.3 Å². The third-order valence-corrected chi connectivity index (χ3v) is 2.75. The van der Waals surface area contributed by atoms with Crippen LogP contribution >= 0.6 is 0 Å². The van der Waals surface area contributed by atoms with Crippen LogP contribution in [0.25, 0.3) is 0 Å². The lowest BCUT2D eigenvalue weighted by Crippen LogP contribution is -2.61. The van der Waals surface area contributed by atoms with Crippen molar-refractivity contribution < 1.29 is 19.1 Å². The number of benzene rings is 1. The zero-order chi connectivity index (χ0) is 16.1. The Balaban J connectivity index is 2.94. The molecule has 0 aliphatic carbocycles. The Kier molecular flexibility index (Phi) is 5.32. The normalized spacial score (nSPS) is 14.1. The molecule has 0 spiro atoms. The van der Waals surface area contributed by atoms with Crippen LogP contribution in [0.4, 0.5) is 4.79 Å². The molecule has 0 saturated heterocycles. The number of methoxy groups -OCH3 is 1. The van der Waals surface area contributed by atoms with Crippen molar-refractivity contribution in [3.63, 3.8) is 0 Å². The van der Waals surface area contributed by atoms with Gasteiger partial charge in [-0.3, -0.25) is 10.1 Å². The van der Waals surface area contributed by atoms with E-state index >= 15 is 0 Å². The molecule has 21 heavy (non-hydrogen) atoms. The van der Waals surface area contributed by atoms with Gasteiger partial charge in [0.1, 0.15) is 5.60 Å². The molecule has 1 rings (SSSR count). The van der Waals surface area contributed by atoms with Crippen molar-refractivity contribution in [3.8, 4) is 0 Å². The summed E-state index contributed by atoms with van der Waals surface area (Å²) in [6.07, 6.45) is -0.655. The topological polar surface area (TPSA) is 90.7 Å². The monoisotopic (exact) mass is 294 g/mol. The van der Waals surface area contributed by atoms with Gasteiger partial charge in [0.25, 0.3) is 5.91 Å². The number of rotatable bonds is 5. The molecule has 3 N–H and O–H groups in total. The number of ether oxygens (including phenoxy) is 2. The summed E-state index contributed by atoms with van der Waals surface area (Å²) in [5, 5.41) is 2.43. The summed E-state index contributed by atoms with van der Waals surface area (Å²) in [6, 6.07) is 9.12. The fourth-order valence-electron chi connectivity index (χ4n) is 1.77. The first-order chi connectivity index (χ1) is 9.68. The molecule has 0 radical (unpaired) electrons. The van der Waals surface area contributed by atoms with Gasteiger partial charge >= 0.3 is 6.09 Å². The van der Waals surface area contributed by atoms with Gasteiger partial charge in [-0.15, -0.1) is 0 Å². The molecular formula is C15H22N2O4. The molecule has 116 valence electrons. The lowest BCUT2D eigenvalue weighted by atomic mass is 10.0. The Labute approximate surface area is 124 Å². The number of alkyl carbamates (subject to hydrolysis) is 1. The number of carbonyl (C=O) groups is 2. The summed E-state index contributed by atoms with van der Waals surface area (Å²) in [4.78, 5) is 23.7. The Morgan fingerprint density at radius 1 is 1.19 bits per heavy atom. The second-order valence-corrected chi connectivity index (χ2v) is 5.68. The first-order valence-corrected chi connectivity index (χ1v) is 6.59. The molecule has 0 aliphatic rings. The summed E-state index contributed by atoms with van der Waals surface area (Å²) in [5.41, 5.74) is 3.87. The number of hydrogen-bond acceptors (Lipinski definition) is 4. The highest BCUT2D eigenvalue weighted by Crippen LogP contribution is 2.16. The molecule has 0 bridgehead atoms. The molecule has 0 heterocycles. The van der Waals surface area contributed by atoms with Crippen LogP contribution in [0.5, 0.6) is 0 Å². The maximum atomic E-state index is 11.9. The SMILES string of the molecule is CO[C@](Cc1ccccc1)(NC(=O)OC(C)(C)C)C(N)=O. The smallest absolute Gasteiger partial charge is 0.410 e. The van der Waals surface area contributed by atoms with Gasteiger partial charge in [-0.1, -0.05) is 30.3 Å². The first kappa shape index (κ1) is 17.0. The van der Waals surface area contributed by atoms with Crippen molar-refractivity contribution in [2.45, 2.75) is 38.5 Å². The van der Waals surface area contributed by atoms with E-state index in [2.05, 4.69) is 5.32 Å². The zero-order valence-corrected chi connectivity index (χ0v) is 12.8. The average molecular weight is 294 g/mol. The second kappa shape index (κ2) is 6.58. The molecule has 1 aromatic carbocycles. The summed E-state index contributed by atoms with van der Waals surface area (Å²) < 4.78 is 10.3. The van der Waals surface area contributed by atoms with Crippen molar-refractivity contribution in [2.75, 3.05) is 7.11 Å². The third-order valence-electron chi connectivity index (χ3n) is 2.75. The van der Waals surface area contributed by atoms with Crippen LogP contribution in [-0.4, -0.2) is 30.4 Å². The van der Waals surface area contributed by atoms with Gasteiger partial charge in [0.15, 0.2) is 0 Å². The highest BCUT2D eigenvalue weighted by Gasteiger charge is 2.40. The van der Waals surface area contributed by atoms with Crippen LogP contribution in [0.15, 0.2) is 30.3 Å². The molecule has 6 heteroatoms. The third kappa shape index (κ3) is 5.07. The van der Waals surface area contributed by atoms with Crippen molar-refractivity contribution in [1.82, 2.24) is 5.32 Å². The van der Waals surface area contributed by atoms with E-state index < -0.39 is 23.3 Å². The zero-order valence-electron chi connectivity index (χ0n) is 12.8. The summed E-state index contributed by atoms with van der Waals surface area (Å²) in [5.74, 6) is -0.792. The summed E-state index contributed by atoms with van der Waals surface area (Å²) in [6.45, 7) is 5.17. The second-order valence-electron chi connectivity index (χ2n) is 5.68. The summed E-state index contributed by atoms with van der Waals surface area (Å²) >= 11 is 0. The van der Waals surface area contributed by atoms with Crippen LogP contribution in [0, 0.1) is 0 Å². The van der Waals surface area contributed by atoms with E-state index in [1.807, 2.05) is 30.3 Å². The molecule has 2 amide bonds. The molecule has 0 saturated carbocycles. The molecule has 0 fully saturated rings. The molecule has 1 aromatic rings. The molecule has 6 nitrogen and oxygen atoms in total. The Morgan fingerprint density at radius 2 is 1.76 bits per heavy atom. The Morgan fingerprint density at radius 3 is 2.19 bits per heavy atom. The van der Waals surface area contributed by atoms with Crippen molar-refractivity contribution in [2.24, 2.45) is 5.73 Å². The minimum Gasteiger partial charge on any atom is -0.444 e. The number of primary amides is 1. The Hall–Kier alpha value is -2.08. The minimum atomic E-state index is -1.65. The summed E-state index contributed by atoms with van der Waals surface area (Å²) in [7, 11) is 1.31. The molecular weight excluding hydrogens is 272 g/mol. The Bertz CT molecular complexity index is 496. The minimum absolute atomic E-state index is 0.110. The van der Waals surface area contributed by atoms with Crippen LogP contribution in [0.3, 0.4) is 0 Å². The van der Waals surface area contributed by atoms with Crippen LogP contribution < -0.4 is 11.1 Å². The van der Waals surface area contributed by atoms with Crippen molar-refractivity contribution >= 4 is 12.0 Å². The fraction of sp³-hybridized carbons (Fsp3) is 0.467. The highest BCUT2D eigenvalue weighted by molar-refractivity contribution is 5.87. The van der Waals surface area contributed by atoms with E-state index in [0.717, 1.165) is 5.56 Å². The van der Waals surface area contributed by atoms with E-state index in [4.69, 9.17) is 15.2 Å². The lowest BCUT2D eigenvalue weighted by molar-refractivity contribution is -0.144. The number of nitrogens with two attached hydrogens (primary N) is 1. The van der Waals surface area contributed by atoms with Gasteiger partial charge in [-0.05, 0) is 26.3 Å². The van der Waals surface area contributed by atoms with E-state index in [1.165, 1.54) is 7.11 Å². The number of nitrogens with one attached hydrogen (secondary N) is 1. The molecule has 0 unspecified atom stereocenters. The predicted molar refractivity (Wildman–Crippen MR) is 78.5 cm³/mol. The number of carbonyl (C=O) groups excluding carboxylic acids is 2. The van der Waals surface area contributed by atoms with Gasteiger partial charge in [0.2, 0.25) is 5.72 Å². The van der Waals surface area contributed by atoms with Gasteiger partial charge in [-0.2, -0.15) is 0 Å². The van der Waals surface area contributed by atoms with E-state index in [-0.39, 0.29) is 6.42 Å². The predicted octanol–water partition coefficient (Wildman–Crippen LogP) is 1.58. The maximum Gasteiger partial charge on any atom is 0.410 e. The van der Waals surface area contributed by atoms with Crippen LogP contribution in [0.2, 0.25) is 0 Å². The van der Waals surface area contributed by atoms with Gasteiger partial charge in [-0.25, -0.2) is 4.79 Å². The average Bonchev–Trinajstić information content (AvgIpc) is 2.36. The van der Waals surface area contributed by atoms with Crippen LogP contribution in [-0.2, 0) is 20.7 Å². The van der Waals surface area contributed by atoms with Gasteiger partial charge in [0.05, 0.1) is 0 Å². The lowest BCUT2D eigenvalue weighted by Gasteiger charge is -2.31. The van der Waals surface area contributed by atoms with Crippen molar-refractivity contribution in [3.05, 3.63) is 35.9 Å². The fourth-order valence-corrected chi connectivity index (χ4v) is 1.77. The number of hydrogen-bond donors (Lipinski definition) is 2.